The van der Waals surface area contributed by atoms with E-state index in [1.54, 1.807) is 49.4 Å². The molecule has 0 aliphatic rings. The van der Waals surface area contributed by atoms with Gasteiger partial charge in [0.2, 0.25) is 0 Å². The van der Waals surface area contributed by atoms with Gasteiger partial charge in [0.25, 0.3) is 5.91 Å². The molecule has 108 valence electrons. The second-order valence-electron chi connectivity index (χ2n) is 4.39. The van der Waals surface area contributed by atoms with Crippen molar-refractivity contribution in [2.45, 2.75) is 6.92 Å². The summed E-state index contributed by atoms with van der Waals surface area (Å²) in [5.41, 5.74) is 10.5. The van der Waals surface area contributed by atoms with Gasteiger partial charge in [-0.25, -0.2) is 5.43 Å². The third kappa shape index (κ3) is 3.97. The highest BCUT2D eigenvalue weighted by Gasteiger charge is 2.06. The van der Waals surface area contributed by atoms with Crippen molar-refractivity contribution in [3.63, 3.8) is 0 Å². The van der Waals surface area contributed by atoms with Gasteiger partial charge in [-0.3, -0.25) is 4.79 Å². The van der Waals surface area contributed by atoms with Gasteiger partial charge in [-0.05, 0) is 48.9 Å². The van der Waals surface area contributed by atoms with Gasteiger partial charge in [0, 0.05) is 11.3 Å². The summed E-state index contributed by atoms with van der Waals surface area (Å²) >= 11 is 11.8. The van der Waals surface area contributed by atoms with E-state index in [-0.39, 0.29) is 5.91 Å². The van der Waals surface area contributed by atoms with Gasteiger partial charge in [-0.1, -0.05) is 29.3 Å². The minimum absolute atomic E-state index is 0.311. The van der Waals surface area contributed by atoms with Gasteiger partial charge < -0.3 is 5.73 Å². The Labute approximate surface area is 132 Å². The van der Waals surface area contributed by atoms with E-state index in [9.17, 15) is 4.79 Å². The summed E-state index contributed by atoms with van der Waals surface area (Å²) in [7, 11) is 0. The van der Waals surface area contributed by atoms with E-state index in [0.717, 1.165) is 5.56 Å². The first-order valence-corrected chi connectivity index (χ1v) is 6.88. The fourth-order valence-electron chi connectivity index (χ4n) is 1.62. The van der Waals surface area contributed by atoms with Crippen LogP contribution in [-0.2, 0) is 0 Å². The number of hydrogen-bond donors (Lipinski definition) is 2. The van der Waals surface area contributed by atoms with Crippen molar-refractivity contribution in [1.29, 1.82) is 0 Å². The molecule has 0 aliphatic carbocycles. The van der Waals surface area contributed by atoms with Crippen LogP contribution in [0.1, 0.15) is 22.8 Å². The average molecular weight is 322 g/mol. The predicted molar refractivity (Wildman–Crippen MR) is 87.0 cm³/mol. The molecule has 21 heavy (non-hydrogen) atoms. The van der Waals surface area contributed by atoms with E-state index in [0.29, 0.717) is 27.0 Å². The van der Waals surface area contributed by atoms with E-state index < -0.39 is 0 Å². The van der Waals surface area contributed by atoms with E-state index >= 15 is 0 Å². The fraction of sp³-hybridized carbons (Fsp3) is 0.0667. The first kappa shape index (κ1) is 15.4. The van der Waals surface area contributed by atoms with Gasteiger partial charge in [-0.15, -0.1) is 0 Å². The van der Waals surface area contributed by atoms with Crippen LogP contribution in [0, 0.1) is 0 Å². The van der Waals surface area contributed by atoms with Crippen molar-refractivity contribution in [3.05, 3.63) is 63.6 Å². The molecule has 2 aromatic rings. The topological polar surface area (TPSA) is 67.5 Å². The molecule has 0 unspecified atom stereocenters. The molecule has 4 nitrogen and oxygen atoms in total. The van der Waals surface area contributed by atoms with Crippen molar-refractivity contribution >= 4 is 40.5 Å². The number of nitrogen functional groups attached to an aromatic ring is 1. The maximum Gasteiger partial charge on any atom is 0.271 e. The molecule has 6 heteroatoms. The molecule has 3 N–H and O–H groups in total. The Morgan fingerprint density at radius 1 is 1.05 bits per heavy atom. The Kier molecular flexibility index (Phi) is 4.83. The maximum atomic E-state index is 11.9. The Balaban J connectivity index is 2.10. The van der Waals surface area contributed by atoms with Gasteiger partial charge in [0.15, 0.2) is 0 Å². The van der Waals surface area contributed by atoms with Gasteiger partial charge in [0.1, 0.15) is 0 Å². The molecule has 0 aliphatic heterocycles. The zero-order valence-electron chi connectivity index (χ0n) is 11.2. The van der Waals surface area contributed by atoms with Gasteiger partial charge >= 0.3 is 0 Å². The lowest BCUT2D eigenvalue weighted by Gasteiger charge is -2.04. The summed E-state index contributed by atoms with van der Waals surface area (Å²) < 4.78 is 0. The summed E-state index contributed by atoms with van der Waals surface area (Å²) in [4.78, 5) is 11.9. The number of carbonyl (C=O) groups excluding carboxylic acids is 1. The molecule has 1 amide bonds. The number of halogens is 2. The average Bonchev–Trinajstić information content (AvgIpc) is 2.48. The minimum atomic E-state index is -0.311. The summed E-state index contributed by atoms with van der Waals surface area (Å²) in [6.45, 7) is 1.77. The lowest BCUT2D eigenvalue weighted by molar-refractivity contribution is 0.0955. The zero-order valence-corrected chi connectivity index (χ0v) is 12.7. The largest absolute Gasteiger partial charge is 0.399 e. The SMILES string of the molecule is CC(=NNC(=O)c1ccc(N)cc1)c1ccc(Cl)c(Cl)c1. The number of nitrogens with one attached hydrogen (secondary N) is 1. The number of nitrogens with two attached hydrogens (primary N) is 1. The monoisotopic (exact) mass is 321 g/mol. The summed E-state index contributed by atoms with van der Waals surface area (Å²) in [5, 5.41) is 4.96. The molecule has 0 saturated carbocycles. The van der Waals surface area contributed by atoms with Crippen molar-refractivity contribution < 1.29 is 4.79 Å². The molecule has 2 rings (SSSR count). The fourth-order valence-corrected chi connectivity index (χ4v) is 1.92. The minimum Gasteiger partial charge on any atom is -0.399 e. The van der Waals surface area contributed by atoms with Crippen molar-refractivity contribution in [1.82, 2.24) is 5.43 Å². The second-order valence-corrected chi connectivity index (χ2v) is 5.20. The quantitative estimate of drug-likeness (QED) is 0.514. The van der Waals surface area contributed by atoms with Crippen LogP contribution in [0.3, 0.4) is 0 Å². The Bertz CT molecular complexity index is 697. The molecule has 0 radical (unpaired) electrons. The molecule has 2 aromatic carbocycles. The summed E-state index contributed by atoms with van der Waals surface area (Å²) in [6.07, 6.45) is 0. The van der Waals surface area contributed by atoms with Crippen LogP contribution in [0.4, 0.5) is 5.69 Å². The highest BCUT2D eigenvalue weighted by atomic mass is 35.5. The van der Waals surface area contributed by atoms with Gasteiger partial charge in [-0.2, -0.15) is 5.10 Å². The molecule has 0 atom stereocenters. The Hall–Kier alpha value is -2.04. The van der Waals surface area contributed by atoms with E-state index in [4.69, 9.17) is 28.9 Å². The molecule has 0 bridgehead atoms. The molecule has 0 heterocycles. The van der Waals surface area contributed by atoms with Crippen LogP contribution in [0.15, 0.2) is 47.6 Å². The lowest BCUT2D eigenvalue weighted by Crippen LogP contribution is -2.19. The number of benzene rings is 2. The number of hydrogen-bond acceptors (Lipinski definition) is 3. The third-order valence-corrected chi connectivity index (χ3v) is 3.57. The predicted octanol–water partition coefficient (Wildman–Crippen LogP) is 3.73. The number of nitrogens with zero attached hydrogens (tertiary/aromatic N) is 1. The second kappa shape index (κ2) is 6.61. The first-order chi connectivity index (χ1) is 9.97. The van der Waals surface area contributed by atoms with Crippen molar-refractivity contribution in [2.75, 3.05) is 5.73 Å². The summed E-state index contributed by atoms with van der Waals surface area (Å²) in [6, 6.07) is 11.7. The standard InChI is InChI=1S/C15H13Cl2N3O/c1-9(11-4-7-13(16)14(17)8-11)19-20-15(21)10-2-5-12(18)6-3-10/h2-8H,18H2,1H3,(H,20,21). The summed E-state index contributed by atoms with van der Waals surface area (Å²) in [5.74, 6) is -0.311. The van der Waals surface area contributed by atoms with Crippen molar-refractivity contribution in [2.24, 2.45) is 5.10 Å². The van der Waals surface area contributed by atoms with E-state index in [1.807, 2.05) is 0 Å². The van der Waals surface area contributed by atoms with E-state index in [1.165, 1.54) is 0 Å². The molecular formula is C15H13Cl2N3O. The normalized spacial score (nSPS) is 11.3. The number of anilines is 1. The zero-order chi connectivity index (χ0) is 15.4. The van der Waals surface area contributed by atoms with E-state index in [2.05, 4.69) is 10.5 Å². The highest BCUT2D eigenvalue weighted by Crippen LogP contribution is 2.22. The number of carbonyl (C=O) groups is 1. The Morgan fingerprint density at radius 2 is 1.67 bits per heavy atom. The smallest absolute Gasteiger partial charge is 0.271 e. The molecule has 0 saturated heterocycles. The van der Waals surface area contributed by atoms with Crippen molar-refractivity contribution in [3.8, 4) is 0 Å². The molecule has 0 fully saturated rings. The first-order valence-electron chi connectivity index (χ1n) is 6.13. The van der Waals surface area contributed by atoms with Crippen LogP contribution in [0.25, 0.3) is 0 Å². The maximum absolute atomic E-state index is 11.9. The third-order valence-electron chi connectivity index (χ3n) is 2.84. The van der Waals surface area contributed by atoms with Crippen LogP contribution in [0.5, 0.6) is 0 Å². The number of hydrazone groups is 1. The van der Waals surface area contributed by atoms with Crippen LogP contribution in [0.2, 0.25) is 10.0 Å². The number of amides is 1. The molecule has 0 spiro atoms. The van der Waals surface area contributed by atoms with Crippen LogP contribution in [-0.4, -0.2) is 11.6 Å². The number of rotatable bonds is 3. The molecular weight excluding hydrogens is 309 g/mol. The molecule has 0 aromatic heterocycles. The Morgan fingerprint density at radius 3 is 2.29 bits per heavy atom. The highest BCUT2D eigenvalue weighted by molar-refractivity contribution is 6.42. The van der Waals surface area contributed by atoms with Gasteiger partial charge in [0.05, 0.1) is 15.8 Å². The van der Waals surface area contributed by atoms with Crippen LogP contribution >= 0.6 is 23.2 Å². The van der Waals surface area contributed by atoms with Crippen LogP contribution < -0.4 is 11.2 Å². The lowest BCUT2D eigenvalue weighted by atomic mass is 10.1.